The van der Waals surface area contributed by atoms with Crippen LogP contribution in [0.25, 0.3) is 0 Å². The van der Waals surface area contributed by atoms with Crippen LogP contribution in [0.1, 0.15) is 31.7 Å². The second-order valence-corrected chi connectivity index (χ2v) is 5.16. The molecule has 17 heavy (non-hydrogen) atoms. The summed E-state index contributed by atoms with van der Waals surface area (Å²) in [5.74, 6) is 0. The minimum atomic E-state index is 0.678. The van der Waals surface area contributed by atoms with Gasteiger partial charge in [0.05, 0.1) is 10.7 Å². The van der Waals surface area contributed by atoms with Crippen molar-refractivity contribution in [3.8, 4) is 0 Å². The monoisotopic (exact) mass is 252 g/mol. The van der Waals surface area contributed by atoms with Gasteiger partial charge in [-0.25, -0.2) is 0 Å². The van der Waals surface area contributed by atoms with Crippen molar-refractivity contribution in [1.82, 2.24) is 0 Å². The van der Waals surface area contributed by atoms with Crippen molar-refractivity contribution in [2.24, 2.45) is 5.73 Å². The largest absolute Gasteiger partial charge is 0.367 e. The molecule has 0 spiro atoms. The van der Waals surface area contributed by atoms with E-state index >= 15 is 0 Å². The summed E-state index contributed by atoms with van der Waals surface area (Å²) in [6.07, 6.45) is 4.68. The summed E-state index contributed by atoms with van der Waals surface area (Å²) in [4.78, 5) is 2.45. The average Bonchev–Trinajstić information content (AvgIpc) is 3.11. The highest BCUT2D eigenvalue weighted by molar-refractivity contribution is 6.33. The van der Waals surface area contributed by atoms with E-state index in [-0.39, 0.29) is 0 Å². The van der Waals surface area contributed by atoms with Crippen molar-refractivity contribution in [3.05, 3.63) is 28.8 Å². The standard InChI is InChI=1S/C14H21ClN2/c1-2-9-17(12-4-5-12)14-6-3-11(7-8-16)10-13(14)15/h3,6,10,12H,2,4-5,7-9,16H2,1H3. The van der Waals surface area contributed by atoms with Crippen LogP contribution in [0.3, 0.4) is 0 Å². The van der Waals surface area contributed by atoms with Crippen molar-refractivity contribution in [1.29, 1.82) is 0 Å². The number of rotatable bonds is 6. The number of hydrogen-bond acceptors (Lipinski definition) is 2. The topological polar surface area (TPSA) is 29.3 Å². The van der Waals surface area contributed by atoms with Crippen LogP contribution in [0.2, 0.25) is 5.02 Å². The lowest BCUT2D eigenvalue weighted by Crippen LogP contribution is -2.26. The summed E-state index contributed by atoms with van der Waals surface area (Å²) in [5.41, 5.74) is 7.98. The van der Waals surface area contributed by atoms with E-state index in [9.17, 15) is 0 Å². The number of halogens is 1. The first-order valence-electron chi connectivity index (χ1n) is 6.51. The number of hydrogen-bond donors (Lipinski definition) is 1. The molecule has 2 rings (SSSR count). The van der Waals surface area contributed by atoms with Crippen molar-refractivity contribution >= 4 is 17.3 Å². The smallest absolute Gasteiger partial charge is 0.0642 e. The Hall–Kier alpha value is -0.730. The average molecular weight is 253 g/mol. The van der Waals surface area contributed by atoms with E-state index in [0.717, 1.165) is 24.4 Å². The van der Waals surface area contributed by atoms with E-state index in [2.05, 4.69) is 30.0 Å². The first kappa shape index (κ1) is 12.7. The molecule has 0 aromatic heterocycles. The maximum atomic E-state index is 6.38. The molecule has 0 amide bonds. The summed E-state index contributed by atoms with van der Waals surface area (Å²) in [6.45, 7) is 3.99. The lowest BCUT2D eigenvalue weighted by atomic mass is 10.1. The van der Waals surface area contributed by atoms with Gasteiger partial charge in [0.2, 0.25) is 0 Å². The molecule has 1 aliphatic carbocycles. The zero-order chi connectivity index (χ0) is 12.3. The van der Waals surface area contributed by atoms with Crippen LogP contribution in [0.4, 0.5) is 5.69 Å². The molecule has 1 saturated carbocycles. The first-order valence-corrected chi connectivity index (χ1v) is 6.89. The fourth-order valence-corrected chi connectivity index (χ4v) is 2.54. The fraction of sp³-hybridized carbons (Fsp3) is 0.571. The normalized spacial score (nSPS) is 15.0. The minimum Gasteiger partial charge on any atom is -0.367 e. The van der Waals surface area contributed by atoms with Crippen LogP contribution < -0.4 is 10.6 Å². The molecule has 2 N–H and O–H groups in total. The van der Waals surface area contributed by atoms with Crippen molar-refractivity contribution in [2.75, 3.05) is 18.0 Å². The van der Waals surface area contributed by atoms with Crippen LogP contribution in [0.5, 0.6) is 0 Å². The first-order chi connectivity index (χ1) is 8.26. The predicted molar refractivity (Wildman–Crippen MR) is 74.9 cm³/mol. The highest BCUT2D eigenvalue weighted by Gasteiger charge is 2.29. The third kappa shape index (κ3) is 3.14. The number of anilines is 1. The van der Waals surface area contributed by atoms with Gasteiger partial charge in [0.25, 0.3) is 0 Å². The van der Waals surface area contributed by atoms with Crippen molar-refractivity contribution in [3.63, 3.8) is 0 Å². The van der Waals surface area contributed by atoms with Gasteiger partial charge in [0, 0.05) is 12.6 Å². The minimum absolute atomic E-state index is 0.678. The zero-order valence-electron chi connectivity index (χ0n) is 10.5. The van der Waals surface area contributed by atoms with Crippen molar-refractivity contribution in [2.45, 2.75) is 38.6 Å². The van der Waals surface area contributed by atoms with E-state index in [4.69, 9.17) is 17.3 Å². The highest BCUT2D eigenvalue weighted by Crippen LogP contribution is 2.36. The van der Waals surface area contributed by atoms with Gasteiger partial charge in [-0.05, 0) is 49.9 Å². The Morgan fingerprint density at radius 2 is 2.18 bits per heavy atom. The maximum Gasteiger partial charge on any atom is 0.0642 e. The molecule has 94 valence electrons. The van der Waals surface area contributed by atoms with E-state index < -0.39 is 0 Å². The van der Waals surface area contributed by atoms with Gasteiger partial charge in [-0.1, -0.05) is 24.6 Å². The van der Waals surface area contributed by atoms with Gasteiger partial charge < -0.3 is 10.6 Å². The molecule has 0 saturated heterocycles. The van der Waals surface area contributed by atoms with E-state index in [1.54, 1.807) is 0 Å². The van der Waals surface area contributed by atoms with Gasteiger partial charge in [0.1, 0.15) is 0 Å². The molecule has 1 aromatic rings. The lowest BCUT2D eigenvalue weighted by Gasteiger charge is -2.25. The Bertz CT molecular complexity index is 374. The summed E-state index contributed by atoms with van der Waals surface area (Å²) < 4.78 is 0. The Morgan fingerprint density at radius 1 is 1.41 bits per heavy atom. The lowest BCUT2D eigenvalue weighted by molar-refractivity contribution is 0.763. The van der Waals surface area contributed by atoms with E-state index in [0.29, 0.717) is 12.6 Å². The second-order valence-electron chi connectivity index (χ2n) is 4.75. The molecule has 0 bridgehead atoms. The van der Waals surface area contributed by atoms with E-state index in [1.807, 2.05) is 0 Å². The van der Waals surface area contributed by atoms with Gasteiger partial charge in [-0.15, -0.1) is 0 Å². The molecular formula is C14H21ClN2. The third-order valence-corrected chi connectivity index (χ3v) is 3.51. The quantitative estimate of drug-likeness (QED) is 0.842. The molecule has 0 heterocycles. The van der Waals surface area contributed by atoms with Gasteiger partial charge in [0.15, 0.2) is 0 Å². The van der Waals surface area contributed by atoms with E-state index in [1.165, 1.54) is 24.1 Å². The molecule has 3 heteroatoms. The Morgan fingerprint density at radius 3 is 2.71 bits per heavy atom. The molecule has 0 aliphatic heterocycles. The zero-order valence-corrected chi connectivity index (χ0v) is 11.2. The van der Waals surface area contributed by atoms with Gasteiger partial charge in [-0.3, -0.25) is 0 Å². The molecule has 1 aliphatic rings. The van der Waals surface area contributed by atoms with Crippen LogP contribution in [0, 0.1) is 0 Å². The Balaban J connectivity index is 2.18. The maximum absolute atomic E-state index is 6.38. The summed E-state index contributed by atoms with van der Waals surface area (Å²) in [6, 6.07) is 7.09. The SMILES string of the molecule is CCCN(c1ccc(CCN)cc1Cl)C1CC1. The van der Waals surface area contributed by atoms with Gasteiger partial charge in [-0.2, -0.15) is 0 Å². The number of nitrogens with two attached hydrogens (primary N) is 1. The van der Waals surface area contributed by atoms with Crippen LogP contribution in [0.15, 0.2) is 18.2 Å². The van der Waals surface area contributed by atoms with Crippen molar-refractivity contribution < 1.29 is 0 Å². The van der Waals surface area contributed by atoms with Gasteiger partial charge >= 0.3 is 0 Å². The summed E-state index contributed by atoms with van der Waals surface area (Å²) >= 11 is 6.38. The fourth-order valence-electron chi connectivity index (χ4n) is 2.23. The molecule has 0 unspecified atom stereocenters. The summed E-state index contributed by atoms with van der Waals surface area (Å²) in [7, 11) is 0. The number of benzene rings is 1. The number of nitrogens with zero attached hydrogens (tertiary/aromatic N) is 1. The second kappa shape index (κ2) is 5.74. The van der Waals surface area contributed by atoms with Crippen LogP contribution >= 0.6 is 11.6 Å². The van der Waals surface area contributed by atoms with Crippen LogP contribution in [-0.4, -0.2) is 19.1 Å². The third-order valence-electron chi connectivity index (χ3n) is 3.21. The predicted octanol–water partition coefficient (Wildman–Crippen LogP) is 3.22. The molecule has 2 nitrogen and oxygen atoms in total. The summed E-state index contributed by atoms with van der Waals surface area (Å²) in [5, 5.41) is 0.872. The molecule has 1 aromatic carbocycles. The Kier molecular flexibility index (Phi) is 4.30. The Labute approximate surface area is 109 Å². The van der Waals surface area contributed by atoms with Crippen LogP contribution in [-0.2, 0) is 6.42 Å². The molecule has 1 fully saturated rings. The molecular weight excluding hydrogens is 232 g/mol. The molecule has 0 atom stereocenters. The highest BCUT2D eigenvalue weighted by atomic mass is 35.5. The molecule has 0 radical (unpaired) electrons.